The van der Waals surface area contributed by atoms with E-state index in [1.165, 1.54) is 0 Å². The highest BCUT2D eigenvalue weighted by Crippen LogP contribution is 2.39. The van der Waals surface area contributed by atoms with Crippen LogP contribution >= 0.6 is 0 Å². The molecular weight excluding hydrogens is 1030 g/mol. The molecule has 0 spiro atoms. The molecule has 27 atom stereocenters. The predicted molar refractivity (Wildman–Crippen MR) is 229 cm³/mol. The minimum Gasteiger partial charge on any atom is -0.477 e. The van der Waals surface area contributed by atoms with Crippen LogP contribution in [0.2, 0.25) is 0 Å². The topological polar surface area (TPSA) is 538 Å². The molecule has 5 aliphatic rings. The molecule has 0 aromatic heterocycles. The molecule has 0 aromatic carbocycles. The Balaban J connectivity index is 1.37. The Morgan fingerprint density at radius 3 is 1.64 bits per heavy atom. The quantitative estimate of drug-likeness (QED) is 0.0315. The summed E-state index contributed by atoms with van der Waals surface area (Å²) >= 11 is 0. The summed E-state index contributed by atoms with van der Waals surface area (Å²) in [6.45, 7) is -4.20. The third-order valence-electron chi connectivity index (χ3n) is 12.9. The molecular formula is C41H68N2O32. The van der Waals surface area contributed by atoms with Crippen molar-refractivity contribution in [1.82, 2.24) is 10.6 Å². The fourth-order valence-corrected chi connectivity index (χ4v) is 8.88. The zero-order chi connectivity index (χ0) is 55.8. The van der Waals surface area contributed by atoms with Crippen LogP contribution < -0.4 is 10.6 Å². The van der Waals surface area contributed by atoms with Crippen LogP contribution in [0.5, 0.6) is 0 Å². The van der Waals surface area contributed by atoms with Crippen molar-refractivity contribution >= 4 is 24.3 Å². The Kier molecular flexibility index (Phi) is 23.1. The van der Waals surface area contributed by atoms with Crippen LogP contribution in [0.4, 0.5) is 0 Å². The largest absolute Gasteiger partial charge is 0.477 e. The first kappa shape index (κ1) is 62.7. The maximum absolute atomic E-state index is 12.9. The van der Waals surface area contributed by atoms with E-state index in [1.54, 1.807) is 0 Å². The molecule has 434 valence electrons. The lowest BCUT2D eigenvalue weighted by Crippen LogP contribution is -2.71. The summed E-state index contributed by atoms with van der Waals surface area (Å²) in [6.07, 6.45) is -49.8. The van der Waals surface area contributed by atoms with Gasteiger partial charge in [0.1, 0.15) is 129 Å². The number of hydrogen-bond donors (Lipinski definition) is 19. The predicted octanol–water partition coefficient (Wildman–Crippen LogP) is -12.9. The lowest BCUT2D eigenvalue weighted by Gasteiger charge is -2.51. The second kappa shape index (κ2) is 27.6. The van der Waals surface area contributed by atoms with Gasteiger partial charge in [-0.15, -0.1) is 0 Å². The van der Waals surface area contributed by atoms with Gasteiger partial charge >= 0.3 is 11.9 Å². The zero-order valence-corrected chi connectivity index (χ0v) is 40.0. The van der Waals surface area contributed by atoms with Crippen molar-refractivity contribution in [3.05, 3.63) is 0 Å². The fourth-order valence-electron chi connectivity index (χ4n) is 8.88. The second-order valence-corrected chi connectivity index (χ2v) is 18.2. The highest BCUT2D eigenvalue weighted by Gasteiger charge is 2.61. The third-order valence-corrected chi connectivity index (χ3v) is 12.9. The molecule has 5 heterocycles. The van der Waals surface area contributed by atoms with Gasteiger partial charge in [0.25, 0.3) is 5.79 Å². The zero-order valence-electron chi connectivity index (χ0n) is 40.0. The second-order valence-electron chi connectivity index (χ2n) is 18.2. The van der Waals surface area contributed by atoms with Crippen LogP contribution in [-0.2, 0) is 71.3 Å². The third kappa shape index (κ3) is 14.4. The lowest BCUT2D eigenvalue weighted by atomic mass is 9.90. The molecule has 5 rings (SSSR count). The minimum absolute atomic E-state index is 0.272. The number of carbonyl (C=O) groups excluding carboxylic acids is 3. The summed E-state index contributed by atoms with van der Waals surface area (Å²) in [6, 6.07) is -2.81. The summed E-state index contributed by atoms with van der Waals surface area (Å²) in [5, 5.41) is 187. The minimum atomic E-state index is -3.23. The molecule has 75 heavy (non-hydrogen) atoms. The molecule has 34 heteroatoms. The summed E-state index contributed by atoms with van der Waals surface area (Å²) in [7, 11) is 0. The van der Waals surface area contributed by atoms with Crippen molar-refractivity contribution in [2.24, 2.45) is 0 Å². The van der Waals surface area contributed by atoms with E-state index >= 15 is 0 Å². The number of rotatable bonds is 24. The summed E-state index contributed by atoms with van der Waals surface area (Å²) in [5.74, 6) is -7.16. The van der Waals surface area contributed by atoms with E-state index in [4.69, 9.17) is 47.4 Å². The molecule has 19 N–H and O–H groups in total. The van der Waals surface area contributed by atoms with E-state index < -0.39 is 236 Å². The van der Waals surface area contributed by atoms with Crippen LogP contribution in [0.25, 0.3) is 0 Å². The number of ether oxygens (including phenoxy) is 11. The summed E-state index contributed by atoms with van der Waals surface area (Å²) in [4.78, 5) is 47.8. The summed E-state index contributed by atoms with van der Waals surface area (Å²) < 4.78 is 61.2. The van der Waals surface area contributed by atoms with Gasteiger partial charge < -0.3 is 150 Å². The fraction of sp³-hybridized carbons (Fsp3) is 0.902. The molecule has 2 amide bonds. The maximum Gasteiger partial charge on any atom is 0.364 e. The number of aliphatic hydroxyl groups excluding tert-OH is 16. The molecule has 0 saturated carbocycles. The lowest BCUT2D eigenvalue weighted by molar-refractivity contribution is -0.391. The standard InChI is InChI=1S/C41H68N2O32/c1-12(50)43-21-33(73-39-30(62)35(25(57)18(6-46)68-39)75-41(40(63)64)3-15(52)22(54)34(74-41)23(55)16(53)10-65-13(2)51)24(56)17(5-45)67-36(21)71-31-20(8-48)70-38(29(61)27(31)59)72-32-19(7-47)69-37(28(60)26(32)58)66-9-14(4-44)42-11-49/h11,14-39,44-48,52-62H,3-10H2,1-2H3,(H,42,49)(H,43,50)(H,63,64)/t14-,15+,16-,17-,18-,19-,20-,21-,22-,23-,24+,25+,26-,27-,28-,29-,30-,31+,32-,33-,34-,35+,36+,37-,38+,39+,41+/m1/s1. The molecule has 5 fully saturated rings. The van der Waals surface area contributed by atoms with Crippen molar-refractivity contribution in [2.45, 2.75) is 185 Å². The van der Waals surface area contributed by atoms with Crippen LogP contribution in [-0.4, -0.2) is 322 Å². The van der Waals surface area contributed by atoms with Crippen molar-refractivity contribution in [1.29, 1.82) is 0 Å². The average Bonchev–Trinajstić information content (AvgIpc) is 3.37. The van der Waals surface area contributed by atoms with Gasteiger partial charge in [0.15, 0.2) is 25.2 Å². The van der Waals surface area contributed by atoms with E-state index in [0.717, 1.165) is 13.8 Å². The van der Waals surface area contributed by atoms with Crippen molar-refractivity contribution in [3.8, 4) is 0 Å². The number of carbonyl (C=O) groups is 4. The van der Waals surface area contributed by atoms with Gasteiger partial charge in [0.05, 0.1) is 51.8 Å². The average molecular weight is 1100 g/mol. The van der Waals surface area contributed by atoms with Gasteiger partial charge in [-0.25, -0.2) is 4.79 Å². The molecule has 0 aliphatic carbocycles. The van der Waals surface area contributed by atoms with Gasteiger partial charge in [-0.3, -0.25) is 14.4 Å². The number of nitrogens with one attached hydrogen (secondary N) is 2. The van der Waals surface area contributed by atoms with E-state index in [2.05, 4.69) is 15.4 Å². The Hall–Kier alpha value is -3.16. The van der Waals surface area contributed by atoms with Gasteiger partial charge in [0, 0.05) is 20.3 Å². The van der Waals surface area contributed by atoms with Crippen LogP contribution in [0, 0.1) is 0 Å². The Labute approximate surface area is 424 Å². The van der Waals surface area contributed by atoms with Crippen molar-refractivity contribution < 1.29 is 158 Å². The van der Waals surface area contributed by atoms with E-state index in [1.807, 2.05) is 0 Å². The van der Waals surface area contributed by atoms with Crippen LogP contribution in [0.15, 0.2) is 0 Å². The highest BCUT2D eigenvalue weighted by molar-refractivity contribution is 5.76. The Morgan fingerprint density at radius 1 is 0.627 bits per heavy atom. The smallest absolute Gasteiger partial charge is 0.364 e. The van der Waals surface area contributed by atoms with Crippen LogP contribution in [0.1, 0.15) is 20.3 Å². The highest BCUT2D eigenvalue weighted by atomic mass is 16.8. The first-order valence-corrected chi connectivity index (χ1v) is 23.3. The number of carboxylic acids is 1. The molecule has 5 aliphatic heterocycles. The number of aliphatic carboxylic acids is 1. The van der Waals surface area contributed by atoms with Gasteiger partial charge in [-0.05, 0) is 0 Å². The molecule has 0 unspecified atom stereocenters. The van der Waals surface area contributed by atoms with Gasteiger partial charge in [-0.2, -0.15) is 0 Å². The first-order valence-electron chi connectivity index (χ1n) is 23.3. The number of amides is 2. The van der Waals surface area contributed by atoms with E-state index in [-0.39, 0.29) is 6.41 Å². The first-order chi connectivity index (χ1) is 35.4. The number of aliphatic hydroxyl groups is 16. The Bertz CT molecular complexity index is 1830. The molecule has 0 radical (unpaired) electrons. The molecule has 0 bridgehead atoms. The van der Waals surface area contributed by atoms with Crippen molar-refractivity contribution in [2.75, 3.05) is 46.2 Å². The maximum atomic E-state index is 12.9. The van der Waals surface area contributed by atoms with Crippen molar-refractivity contribution in [3.63, 3.8) is 0 Å². The number of hydrogen-bond acceptors (Lipinski definition) is 31. The Morgan fingerprint density at radius 2 is 1.12 bits per heavy atom. The molecule has 34 nitrogen and oxygen atoms in total. The SMILES string of the molecule is CC(=O)N[C@H]1[C@H](O[C@@H]2[C@H](O)[C@@H](O)[C@H](O[C@H]3[C@H](O)[C@@H](O)[C@H](OC[C@@H](CO)NC=O)O[C@@H]3CO)O[C@@H]2CO)O[C@H](CO)[C@H](O)[C@@H]1O[C@@H]1O[C@H](CO)[C@H](O)[C@H](O[C@]2(C(=O)O)C[C@H](O)[C@@H](O)[C@H]([C@H](O)[C@H](O)COC(C)=O)O2)[C@H]1O. The van der Waals surface area contributed by atoms with Gasteiger partial charge in [0.2, 0.25) is 12.3 Å². The normalized spacial score (nSPS) is 43.7. The number of carboxylic acid groups (broad SMARTS) is 1. The summed E-state index contributed by atoms with van der Waals surface area (Å²) in [5.41, 5.74) is 0. The van der Waals surface area contributed by atoms with E-state index in [9.17, 15) is 106 Å². The van der Waals surface area contributed by atoms with E-state index in [0.29, 0.717) is 0 Å². The van der Waals surface area contributed by atoms with Gasteiger partial charge in [-0.1, -0.05) is 0 Å². The number of esters is 1. The molecule has 5 saturated heterocycles. The monoisotopic (exact) mass is 1100 g/mol. The van der Waals surface area contributed by atoms with Crippen LogP contribution in [0.3, 0.4) is 0 Å². The molecule has 0 aromatic rings.